The average molecular weight is 326 g/mol. The normalized spacial score (nSPS) is 10.6. The summed E-state index contributed by atoms with van der Waals surface area (Å²) >= 11 is 2.33. The number of aryl methyl sites for hydroxylation is 1. The summed E-state index contributed by atoms with van der Waals surface area (Å²) in [4.78, 5) is 4.38. The molecule has 0 aliphatic heterocycles. The summed E-state index contributed by atoms with van der Waals surface area (Å²) in [5.74, 6) is 1.18. The van der Waals surface area contributed by atoms with Gasteiger partial charge in [-0.25, -0.2) is 4.98 Å². The van der Waals surface area contributed by atoms with Crippen LogP contribution in [-0.2, 0) is 13.0 Å². The van der Waals surface area contributed by atoms with Gasteiger partial charge in [-0.05, 0) is 46.7 Å². The Balaban J connectivity index is 2.13. The Hall–Kier alpha value is -0.840. The van der Waals surface area contributed by atoms with Gasteiger partial charge in [0.1, 0.15) is 5.82 Å². The maximum absolute atomic E-state index is 4.38. The van der Waals surface area contributed by atoms with Gasteiger partial charge >= 0.3 is 0 Å². The number of rotatable bonds is 4. The Labute approximate surface area is 110 Å². The van der Waals surface area contributed by atoms with Crippen molar-refractivity contribution in [3.63, 3.8) is 0 Å². The zero-order chi connectivity index (χ0) is 11.4. The summed E-state index contributed by atoms with van der Waals surface area (Å²) in [6.07, 6.45) is 6.14. The second-order valence-corrected chi connectivity index (χ2v) is 5.09. The molecule has 0 bridgehead atoms. The number of nitrogens with zero attached hydrogens (tertiary/aromatic N) is 2. The summed E-state index contributed by atoms with van der Waals surface area (Å²) in [6, 6.07) is 8.65. The van der Waals surface area contributed by atoms with E-state index < -0.39 is 0 Å². The molecular formula is C13H15IN2. The molecule has 0 saturated carbocycles. The van der Waals surface area contributed by atoms with Crippen LogP contribution in [0.15, 0.2) is 36.7 Å². The largest absolute Gasteiger partial charge is 0.331 e. The summed E-state index contributed by atoms with van der Waals surface area (Å²) in [5, 5.41) is 0. The number of imidazole rings is 1. The minimum Gasteiger partial charge on any atom is -0.331 e. The first-order chi connectivity index (χ1) is 7.79. The van der Waals surface area contributed by atoms with E-state index in [0.717, 1.165) is 19.4 Å². The summed E-state index contributed by atoms with van der Waals surface area (Å²) in [7, 11) is 0. The lowest BCUT2D eigenvalue weighted by Gasteiger charge is -2.07. The van der Waals surface area contributed by atoms with E-state index in [0.29, 0.717) is 0 Å². The highest BCUT2D eigenvalue weighted by Gasteiger charge is 2.02. The first-order valence-corrected chi connectivity index (χ1v) is 6.62. The molecule has 84 valence electrons. The predicted molar refractivity (Wildman–Crippen MR) is 74.5 cm³/mol. The fourth-order valence-corrected chi connectivity index (χ4v) is 2.08. The van der Waals surface area contributed by atoms with Crippen LogP contribution in [0.4, 0.5) is 0 Å². The molecule has 0 spiro atoms. The number of halogens is 1. The molecule has 1 heterocycles. The number of aromatic nitrogens is 2. The molecular weight excluding hydrogens is 311 g/mol. The average Bonchev–Trinajstić information content (AvgIpc) is 2.70. The van der Waals surface area contributed by atoms with Gasteiger partial charge in [0.15, 0.2) is 0 Å². The molecule has 1 aromatic heterocycles. The van der Waals surface area contributed by atoms with Crippen LogP contribution < -0.4 is 0 Å². The first-order valence-electron chi connectivity index (χ1n) is 5.54. The van der Waals surface area contributed by atoms with Gasteiger partial charge in [-0.1, -0.05) is 19.1 Å². The summed E-state index contributed by atoms with van der Waals surface area (Å²) in [5.41, 5.74) is 1.33. The van der Waals surface area contributed by atoms with E-state index in [1.165, 1.54) is 15.0 Å². The van der Waals surface area contributed by atoms with Gasteiger partial charge in [0.05, 0.1) is 0 Å². The van der Waals surface area contributed by atoms with Crippen molar-refractivity contribution >= 4 is 22.6 Å². The molecule has 0 aliphatic rings. The van der Waals surface area contributed by atoms with Crippen LogP contribution in [0.1, 0.15) is 24.7 Å². The second-order valence-electron chi connectivity index (χ2n) is 3.85. The quantitative estimate of drug-likeness (QED) is 0.787. The van der Waals surface area contributed by atoms with Crippen molar-refractivity contribution in [3.05, 3.63) is 51.6 Å². The molecule has 0 amide bonds. The van der Waals surface area contributed by atoms with E-state index >= 15 is 0 Å². The van der Waals surface area contributed by atoms with Gasteiger partial charge in [-0.15, -0.1) is 0 Å². The minimum absolute atomic E-state index is 0.923. The van der Waals surface area contributed by atoms with Gasteiger partial charge in [0, 0.05) is 28.9 Å². The van der Waals surface area contributed by atoms with E-state index in [4.69, 9.17) is 0 Å². The molecule has 1 aromatic carbocycles. The molecule has 0 N–H and O–H groups in total. The topological polar surface area (TPSA) is 17.8 Å². The predicted octanol–water partition coefficient (Wildman–Crippen LogP) is 3.49. The highest BCUT2D eigenvalue weighted by atomic mass is 127. The van der Waals surface area contributed by atoms with Crippen LogP contribution in [0.3, 0.4) is 0 Å². The van der Waals surface area contributed by atoms with Crippen molar-refractivity contribution in [2.75, 3.05) is 0 Å². The molecule has 3 heteroatoms. The summed E-state index contributed by atoms with van der Waals surface area (Å²) in [6.45, 7) is 3.11. The van der Waals surface area contributed by atoms with Gasteiger partial charge in [0.2, 0.25) is 0 Å². The summed E-state index contributed by atoms with van der Waals surface area (Å²) < 4.78 is 3.51. The van der Waals surface area contributed by atoms with Crippen LogP contribution >= 0.6 is 22.6 Å². The molecule has 0 saturated heterocycles. The molecule has 0 aliphatic carbocycles. The van der Waals surface area contributed by atoms with E-state index in [1.807, 2.05) is 6.20 Å². The molecule has 2 aromatic rings. The number of hydrogen-bond donors (Lipinski definition) is 0. The Morgan fingerprint density at radius 3 is 2.69 bits per heavy atom. The van der Waals surface area contributed by atoms with E-state index in [9.17, 15) is 0 Å². The number of hydrogen-bond acceptors (Lipinski definition) is 1. The number of benzene rings is 1. The SMILES string of the molecule is CCCc1nccn1Cc1ccc(I)cc1. The van der Waals surface area contributed by atoms with Crippen LogP contribution in [0, 0.1) is 3.57 Å². The first kappa shape index (κ1) is 11.6. The molecule has 16 heavy (non-hydrogen) atoms. The lowest BCUT2D eigenvalue weighted by Crippen LogP contribution is -2.04. The van der Waals surface area contributed by atoms with Crippen LogP contribution in [-0.4, -0.2) is 9.55 Å². The Kier molecular flexibility index (Phi) is 3.98. The highest BCUT2D eigenvalue weighted by Crippen LogP contribution is 2.10. The van der Waals surface area contributed by atoms with Gasteiger partial charge in [0.25, 0.3) is 0 Å². The van der Waals surface area contributed by atoms with Crippen molar-refractivity contribution in [2.45, 2.75) is 26.3 Å². The van der Waals surface area contributed by atoms with Crippen LogP contribution in [0.2, 0.25) is 0 Å². The fraction of sp³-hybridized carbons (Fsp3) is 0.308. The maximum atomic E-state index is 4.38. The van der Waals surface area contributed by atoms with Crippen molar-refractivity contribution in [2.24, 2.45) is 0 Å². The third-order valence-electron chi connectivity index (χ3n) is 2.54. The lowest BCUT2D eigenvalue weighted by atomic mass is 10.2. The lowest BCUT2D eigenvalue weighted by molar-refractivity contribution is 0.705. The van der Waals surface area contributed by atoms with Gasteiger partial charge in [-0.3, -0.25) is 0 Å². The molecule has 2 nitrogen and oxygen atoms in total. The van der Waals surface area contributed by atoms with Gasteiger partial charge in [-0.2, -0.15) is 0 Å². The van der Waals surface area contributed by atoms with E-state index in [-0.39, 0.29) is 0 Å². The minimum atomic E-state index is 0.923. The van der Waals surface area contributed by atoms with E-state index in [2.05, 4.69) is 69.5 Å². The van der Waals surface area contributed by atoms with E-state index in [1.54, 1.807) is 0 Å². The van der Waals surface area contributed by atoms with Crippen molar-refractivity contribution in [3.8, 4) is 0 Å². The van der Waals surface area contributed by atoms with Crippen LogP contribution in [0.25, 0.3) is 0 Å². The molecule has 0 unspecified atom stereocenters. The fourth-order valence-electron chi connectivity index (χ4n) is 1.72. The maximum Gasteiger partial charge on any atom is 0.108 e. The molecule has 0 radical (unpaired) electrons. The molecule has 0 atom stereocenters. The monoisotopic (exact) mass is 326 g/mol. The van der Waals surface area contributed by atoms with Crippen molar-refractivity contribution in [1.82, 2.24) is 9.55 Å². The zero-order valence-corrected chi connectivity index (χ0v) is 11.5. The Morgan fingerprint density at radius 2 is 2.00 bits per heavy atom. The van der Waals surface area contributed by atoms with Crippen molar-refractivity contribution < 1.29 is 0 Å². The standard InChI is InChI=1S/C13H15IN2/c1-2-3-13-15-8-9-16(13)10-11-4-6-12(14)7-5-11/h4-9H,2-3,10H2,1H3. The molecule has 0 fully saturated rings. The van der Waals surface area contributed by atoms with Gasteiger partial charge < -0.3 is 4.57 Å². The smallest absolute Gasteiger partial charge is 0.108 e. The Bertz CT molecular complexity index is 445. The Morgan fingerprint density at radius 1 is 1.25 bits per heavy atom. The zero-order valence-electron chi connectivity index (χ0n) is 9.36. The third kappa shape index (κ3) is 2.84. The molecule has 2 rings (SSSR count). The van der Waals surface area contributed by atoms with Crippen LogP contribution in [0.5, 0.6) is 0 Å². The third-order valence-corrected chi connectivity index (χ3v) is 3.26. The highest BCUT2D eigenvalue weighted by molar-refractivity contribution is 14.1. The van der Waals surface area contributed by atoms with Crippen molar-refractivity contribution in [1.29, 1.82) is 0 Å². The second kappa shape index (κ2) is 5.48.